The van der Waals surface area contributed by atoms with Gasteiger partial charge in [0.15, 0.2) is 0 Å². The minimum atomic E-state index is 0.542. The van der Waals surface area contributed by atoms with Crippen LogP contribution in [0.3, 0.4) is 0 Å². The van der Waals surface area contributed by atoms with Crippen molar-refractivity contribution < 1.29 is 4.74 Å². The van der Waals surface area contributed by atoms with Crippen molar-refractivity contribution in [1.29, 1.82) is 0 Å². The fraction of sp³-hybridized carbons (Fsp3) is 1.00. The molecule has 2 unspecified atom stereocenters. The SMILES string of the molecule is C1CC2CNC1CO2. The Labute approximate surface area is 49.2 Å². The highest BCUT2D eigenvalue weighted by atomic mass is 16.5. The molecule has 0 aromatic heterocycles. The lowest BCUT2D eigenvalue weighted by Gasteiger charge is -2.36. The molecule has 46 valence electrons. The highest BCUT2D eigenvalue weighted by Gasteiger charge is 2.26. The van der Waals surface area contributed by atoms with Crippen molar-refractivity contribution in [3.05, 3.63) is 0 Å². The summed E-state index contributed by atoms with van der Waals surface area (Å²) < 4.78 is 5.41. The Hall–Kier alpha value is -0.0800. The Morgan fingerprint density at radius 1 is 1.38 bits per heavy atom. The maximum absolute atomic E-state index is 5.41. The molecule has 2 bridgehead atoms. The smallest absolute Gasteiger partial charge is 0.0700 e. The predicted molar refractivity (Wildman–Crippen MR) is 30.8 cm³/mol. The first kappa shape index (κ1) is 4.77. The van der Waals surface area contributed by atoms with Gasteiger partial charge in [-0.1, -0.05) is 0 Å². The van der Waals surface area contributed by atoms with Crippen molar-refractivity contribution in [1.82, 2.24) is 5.32 Å². The van der Waals surface area contributed by atoms with Crippen LogP contribution in [-0.2, 0) is 4.74 Å². The van der Waals surface area contributed by atoms with Crippen LogP contribution in [0.2, 0.25) is 0 Å². The summed E-state index contributed by atoms with van der Waals surface area (Å²) in [6.07, 6.45) is 3.14. The van der Waals surface area contributed by atoms with Gasteiger partial charge in [0, 0.05) is 12.6 Å². The van der Waals surface area contributed by atoms with Crippen molar-refractivity contribution in [2.75, 3.05) is 13.2 Å². The molecule has 3 aliphatic rings. The van der Waals surface area contributed by atoms with E-state index in [4.69, 9.17) is 4.74 Å². The second-order valence-electron chi connectivity index (χ2n) is 2.64. The number of nitrogens with one attached hydrogen (secondary N) is 1. The zero-order chi connectivity index (χ0) is 5.40. The van der Waals surface area contributed by atoms with E-state index in [1.807, 2.05) is 0 Å². The first-order valence-electron chi connectivity index (χ1n) is 3.30. The summed E-state index contributed by atoms with van der Waals surface area (Å²) in [5, 5.41) is 3.39. The van der Waals surface area contributed by atoms with E-state index >= 15 is 0 Å². The summed E-state index contributed by atoms with van der Waals surface area (Å²) in [7, 11) is 0. The molecule has 3 saturated heterocycles. The molecule has 2 heteroatoms. The fourth-order valence-corrected chi connectivity index (χ4v) is 1.43. The molecule has 2 atom stereocenters. The van der Waals surface area contributed by atoms with E-state index in [2.05, 4.69) is 5.32 Å². The van der Waals surface area contributed by atoms with Crippen LogP contribution < -0.4 is 5.32 Å². The van der Waals surface area contributed by atoms with E-state index < -0.39 is 0 Å². The summed E-state index contributed by atoms with van der Waals surface area (Å²) in [6.45, 7) is 2.04. The third kappa shape index (κ3) is 0.644. The first-order chi connectivity index (χ1) is 3.95. The lowest BCUT2D eigenvalue weighted by molar-refractivity contribution is -0.0385. The van der Waals surface area contributed by atoms with E-state index in [0.29, 0.717) is 12.1 Å². The monoisotopic (exact) mass is 113 g/mol. The molecule has 0 spiro atoms. The zero-order valence-corrected chi connectivity index (χ0v) is 4.89. The van der Waals surface area contributed by atoms with Crippen LogP contribution in [0.1, 0.15) is 12.8 Å². The summed E-state index contributed by atoms with van der Waals surface area (Å²) in [6, 6.07) is 0.681. The van der Waals surface area contributed by atoms with Gasteiger partial charge >= 0.3 is 0 Å². The van der Waals surface area contributed by atoms with Crippen LogP contribution in [0.4, 0.5) is 0 Å². The van der Waals surface area contributed by atoms with Crippen LogP contribution in [0.5, 0.6) is 0 Å². The van der Waals surface area contributed by atoms with Gasteiger partial charge in [0.05, 0.1) is 12.7 Å². The Balaban J connectivity index is 2.03. The standard InChI is InChI=1S/C6H11NO/c1-2-6-3-7-5(1)4-8-6/h5-7H,1-4H2. The lowest BCUT2D eigenvalue weighted by atomic mass is 10.0. The summed E-state index contributed by atoms with van der Waals surface area (Å²) >= 11 is 0. The number of morpholine rings is 1. The highest BCUT2D eigenvalue weighted by molar-refractivity contribution is 4.83. The van der Waals surface area contributed by atoms with E-state index in [-0.39, 0.29) is 0 Å². The molecule has 1 N–H and O–H groups in total. The summed E-state index contributed by atoms with van der Waals surface area (Å²) in [5.41, 5.74) is 0. The van der Waals surface area contributed by atoms with E-state index in [0.717, 1.165) is 13.2 Å². The van der Waals surface area contributed by atoms with Crippen LogP contribution in [0, 0.1) is 0 Å². The van der Waals surface area contributed by atoms with Crippen molar-refractivity contribution in [2.45, 2.75) is 25.0 Å². The molecular formula is C6H11NO. The van der Waals surface area contributed by atoms with Gasteiger partial charge in [0.1, 0.15) is 0 Å². The number of rotatable bonds is 0. The van der Waals surface area contributed by atoms with Crippen molar-refractivity contribution in [3.8, 4) is 0 Å². The molecule has 3 fully saturated rings. The van der Waals surface area contributed by atoms with Gasteiger partial charge in [-0.2, -0.15) is 0 Å². The molecule has 0 amide bonds. The maximum atomic E-state index is 5.41. The van der Waals surface area contributed by atoms with Crippen molar-refractivity contribution >= 4 is 0 Å². The second-order valence-corrected chi connectivity index (χ2v) is 2.64. The van der Waals surface area contributed by atoms with Gasteiger partial charge in [-0.05, 0) is 12.8 Å². The highest BCUT2D eigenvalue weighted by Crippen LogP contribution is 2.17. The van der Waals surface area contributed by atoms with Crippen molar-refractivity contribution in [2.24, 2.45) is 0 Å². The third-order valence-corrected chi connectivity index (χ3v) is 2.00. The minimum Gasteiger partial charge on any atom is -0.375 e. The Bertz CT molecular complexity index is 63.5. The van der Waals surface area contributed by atoms with Gasteiger partial charge in [0.25, 0.3) is 0 Å². The molecule has 3 rings (SSSR count). The Morgan fingerprint density at radius 2 is 2.38 bits per heavy atom. The molecular weight excluding hydrogens is 102 g/mol. The number of hydrogen-bond donors (Lipinski definition) is 1. The predicted octanol–water partition coefficient (Wildman–Crippen LogP) is 0.137. The number of hydrogen-bond acceptors (Lipinski definition) is 2. The Kier molecular flexibility index (Phi) is 1.02. The molecule has 2 nitrogen and oxygen atoms in total. The average Bonchev–Trinajstić information content (AvgIpc) is 1.92. The summed E-state index contributed by atoms with van der Waals surface area (Å²) in [5.74, 6) is 0. The number of piperidine rings is 1. The quantitative estimate of drug-likeness (QED) is 0.482. The van der Waals surface area contributed by atoms with Crippen molar-refractivity contribution in [3.63, 3.8) is 0 Å². The summed E-state index contributed by atoms with van der Waals surface area (Å²) in [4.78, 5) is 0. The normalized spacial score (nSPS) is 45.0. The van der Waals surface area contributed by atoms with E-state index in [1.165, 1.54) is 12.8 Å². The fourth-order valence-electron chi connectivity index (χ4n) is 1.43. The number of ether oxygens (including phenoxy) is 1. The maximum Gasteiger partial charge on any atom is 0.0700 e. The largest absolute Gasteiger partial charge is 0.375 e. The minimum absolute atomic E-state index is 0.542. The van der Waals surface area contributed by atoms with E-state index in [9.17, 15) is 0 Å². The molecule has 3 heterocycles. The topological polar surface area (TPSA) is 21.3 Å². The number of fused-ring (bicyclic) bond motifs is 3. The van der Waals surface area contributed by atoms with Gasteiger partial charge in [0.2, 0.25) is 0 Å². The second kappa shape index (κ2) is 1.71. The molecule has 0 aromatic rings. The van der Waals surface area contributed by atoms with E-state index in [1.54, 1.807) is 0 Å². The molecule has 3 aliphatic heterocycles. The molecule has 0 aromatic carbocycles. The molecule has 0 aliphatic carbocycles. The zero-order valence-electron chi connectivity index (χ0n) is 4.89. The van der Waals surface area contributed by atoms with Gasteiger partial charge in [-0.3, -0.25) is 0 Å². The average molecular weight is 113 g/mol. The lowest BCUT2D eigenvalue weighted by Crippen LogP contribution is -2.51. The molecule has 8 heavy (non-hydrogen) atoms. The van der Waals surface area contributed by atoms with Crippen LogP contribution >= 0.6 is 0 Å². The van der Waals surface area contributed by atoms with Gasteiger partial charge in [-0.25, -0.2) is 0 Å². The first-order valence-corrected chi connectivity index (χ1v) is 3.30. The van der Waals surface area contributed by atoms with Crippen LogP contribution in [0.15, 0.2) is 0 Å². The third-order valence-electron chi connectivity index (χ3n) is 2.00. The molecule has 0 saturated carbocycles. The van der Waals surface area contributed by atoms with Crippen LogP contribution in [0.25, 0.3) is 0 Å². The van der Waals surface area contributed by atoms with Gasteiger partial charge < -0.3 is 10.1 Å². The van der Waals surface area contributed by atoms with Gasteiger partial charge in [-0.15, -0.1) is 0 Å². The van der Waals surface area contributed by atoms with Crippen LogP contribution in [-0.4, -0.2) is 25.3 Å². The molecule has 0 radical (unpaired) electrons. The Morgan fingerprint density at radius 3 is 2.50 bits per heavy atom.